The predicted octanol–water partition coefficient (Wildman–Crippen LogP) is 2.30. The second-order valence-corrected chi connectivity index (χ2v) is 3.92. The lowest BCUT2D eigenvalue weighted by Gasteiger charge is -1.98. The normalized spacial score (nSPS) is 10.5. The van der Waals surface area contributed by atoms with Crippen LogP contribution in [0.3, 0.4) is 0 Å². The minimum Gasteiger partial charge on any atom is -0.465 e. The number of para-hydroxylation sites is 1. The van der Waals surface area contributed by atoms with E-state index in [1.165, 1.54) is 7.11 Å². The molecule has 0 fully saturated rings. The van der Waals surface area contributed by atoms with Gasteiger partial charge in [0, 0.05) is 9.86 Å². The number of ether oxygens (including phenoxy) is 1. The van der Waals surface area contributed by atoms with Crippen LogP contribution in [0, 0.1) is 0 Å². The van der Waals surface area contributed by atoms with Crippen molar-refractivity contribution in [3.63, 3.8) is 0 Å². The minimum atomic E-state index is -0.433. The third kappa shape index (κ3) is 1.48. The molecule has 1 heterocycles. The number of halogens is 1. The fraction of sp³-hybridized carbons (Fsp3) is 0.100. The highest BCUT2D eigenvalue weighted by molar-refractivity contribution is 9.10. The number of carbonyl (C=O) groups is 1. The van der Waals surface area contributed by atoms with Gasteiger partial charge in [-0.25, -0.2) is 4.79 Å². The molecule has 0 aliphatic carbocycles. The van der Waals surface area contributed by atoms with Crippen molar-refractivity contribution in [2.45, 2.75) is 0 Å². The summed E-state index contributed by atoms with van der Waals surface area (Å²) in [7, 11) is 1.33. The largest absolute Gasteiger partial charge is 0.465 e. The van der Waals surface area contributed by atoms with Crippen LogP contribution in [0.2, 0.25) is 0 Å². The number of hydrogen-bond acceptors (Lipinski definition) is 3. The van der Waals surface area contributed by atoms with E-state index in [4.69, 9.17) is 5.73 Å². The molecule has 4 nitrogen and oxygen atoms in total. The highest BCUT2D eigenvalue weighted by Gasteiger charge is 2.17. The van der Waals surface area contributed by atoms with E-state index in [0.29, 0.717) is 11.4 Å². The van der Waals surface area contributed by atoms with E-state index < -0.39 is 5.97 Å². The Morgan fingerprint density at radius 3 is 2.93 bits per heavy atom. The van der Waals surface area contributed by atoms with Crippen molar-refractivity contribution in [3.8, 4) is 0 Å². The van der Waals surface area contributed by atoms with Gasteiger partial charge in [-0.15, -0.1) is 0 Å². The number of hydrogen-bond donors (Lipinski definition) is 2. The maximum absolute atomic E-state index is 11.5. The molecule has 0 aliphatic heterocycles. The number of benzene rings is 1. The van der Waals surface area contributed by atoms with Crippen molar-refractivity contribution in [3.05, 3.63) is 28.2 Å². The van der Waals surface area contributed by atoms with Crippen molar-refractivity contribution in [1.29, 1.82) is 0 Å². The fourth-order valence-corrected chi connectivity index (χ4v) is 1.99. The molecule has 1 aromatic carbocycles. The lowest BCUT2D eigenvalue weighted by atomic mass is 10.1. The topological polar surface area (TPSA) is 68.1 Å². The number of fused-ring (bicyclic) bond motifs is 1. The highest BCUT2D eigenvalue weighted by Crippen LogP contribution is 2.29. The SMILES string of the molecule is COC(=O)c1c(N)[nH]c2c(Br)cccc12. The molecule has 0 aliphatic rings. The summed E-state index contributed by atoms with van der Waals surface area (Å²) in [6.07, 6.45) is 0. The summed E-state index contributed by atoms with van der Waals surface area (Å²) in [5, 5.41) is 0.758. The second kappa shape index (κ2) is 3.58. The van der Waals surface area contributed by atoms with Gasteiger partial charge in [0.2, 0.25) is 0 Å². The van der Waals surface area contributed by atoms with E-state index in [1.54, 1.807) is 0 Å². The van der Waals surface area contributed by atoms with E-state index in [2.05, 4.69) is 25.7 Å². The molecular weight excluding hydrogens is 260 g/mol. The van der Waals surface area contributed by atoms with Crippen LogP contribution in [0.15, 0.2) is 22.7 Å². The molecule has 0 saturated carbocycles. The Balaban J connectivity index is 2.79. The lowest BCUT2D eigenvalue weighted by Crippen LogP contribution is -2.03. The zero-order chi connectivity index (χ0) is 11.0. The first-order valence-electron chi connectivity index (χ1n) is 4.29. The summed E-state index contributed by atoms with van der Waals surface area (Å²) in [6, 6.07) is 5.53. The van der Waals surface area contributed by atoms with E-state index in [1.807, 2.05) is 18.2 Å². The van der Waals surface area contributed by atoms with Crippen molar-refractivity contribution in [2.75, 3.05) is 12.8 Å². The van der Waals surface area contributed by atoms with Gasteiger partial charge in [-0.3, -0.25) is 0 Å². The monoisotopic (exact) mass is 268 g/mol. The Bertz CT molecular complexity index is 533. The molecule has 2 aromatic rings. The highest BCUT2D eigenvalue weighted by atomic mass is 79.9. The molecule has 2 rings (SSSR count). The molecule has 0 spiro atoms. The van der Waals surface area contributed by atoms with Crippen molar-refractivity contribution in [1.82, 2.24) is 4.98 Å². The van der Waals surface area contributed by atoms with Gasteiger partial charge < -0.3 is 15.5 Å². The van der Waals surface area contributed by atoms with Crippen LogP contribution in [0.5, 0.6) is 0 Å². The Kier molecular flexibility index (Phi) is 2.40. The maximum atomic E-state index is 11.5. The molecule has 3 N–H and O–H groups in total. The number of nitrogens with two attached hydrogens (primary N) is 1. The van der Waals surface area contributed by atoms with Crippen LogP contribution in [-0.4, -0.2) is 18.1 Å². The molecular formula is C10H9BrN2O2. The standard InChI is InChI=1S/C10H9BrN2O2/c1-15-10(14)7-5-3-2-4-6(11)8(5)13-9(7)12/h2-4,13H,12H2,1H3. The van der Waals surface area contributed by atoms with Crippen molar-refractivity contribution >= 4 is 38.6 Å². The molecule has 0 radical (unpaired) electrons. The Hall–Kier alpha value is -1.49. The molecule has 5 heteroatoms. The number of aromatic amines is 1. The van der Waals surface area contributed by atoms with Gasteiger partial charge in [0.25, 0.3) is 0 Å². The maximum Gasteiger partial charge on any atom is 0.342 e. The first-order chi connectivity index (χ1) is 7.15. The number of H-pyrrole nitrogens is 1. The quantitative estimate of drug-likeness (QED) is 0.780. The Labute approximate surface area is 94.5 Å². The van der Waals surface area contributed by atoms with Crippen LogP contribution in [-0.2, 0) is 4.74 Å². The summed E-state index contributed by atoms with van der Waals surface area (Å²) in [6.45, 7) is 0. The molecule has 0 saturated heterocycles. The number of nitrogens with one attached hydrogen (secondary N) is 1. The summed E-state index contributed by atoms with van der Waals surface area (Å²) in [5.41, 5.74) is 6.91. The van der Waals surface area contributed by atoms with Gasteiger partial charge >= 0.3 is 5.97 Å². The molecule has 1 aromatic heterocycles. The number of esters is 1. The number of methoxy groups -OCH3 is 1. The van der Waals surface area contributed by atoms with E-state index in [9.17, 15) is 4.79 Å². The van der Waals surface area contributed by atoms with Gasteiger partial charge in [-0.1, -0.05) is 12.1 Å². The summed E-state index contributed by atoms with van der Waals surface area (Å²) in [5.74, 6) is -0.111. The lowest BCUT2D eigenvalue weighted by molar-refractivity contribution is 0.0604. The van der Waals surface area contributed by atoms with Crippen molar-refractivity contribution < 1.29 is 9.53 Å². The summed E-state index contributed by atoms with van der Waals surface area (Å²) >= 11 is 3.38. The smallest absolute Gasteiger partial charge is 0.342 e. The first kappa shape index (κ1) is 10.0. The van der Waals surface area contributed by atoms with Gasteiger partial charge in [0.1, 0.15) is 11.4 Å². The second-order valence-electron chi connectivity index (χ2n) is 3.07. The zero-order valence-corrected chi connectivity index (χ0v) is 9.59. The van der Waals surface area contributed by atoms with Gasteiger partial charge in [-0.05, 0) is 22.0 Å². The number of anilines is 1. The van der Waals surface area contributed by atoms with E-state index in [0.717, 1.165) is 15.4 Å². The molecule has 15 heavy (non-hydrogen) atoms. The van der Waals surface area contributed by atoms with Crippen LogP contribution in [0.4, 0.5) is 5.82 Å². The molecule has 0 atom stereocenters. The molecule has 78 valence electrons. The van der Waals surface area contributed by atoms with Crippen LogP contribution >= 0.6 is 15.9 Å². The van der Waals surface area contributed by atoms with E-state index >= 15 is 0 Å². The first-order valence-corrected chi connectivity index (χ1v) is 5.08. The summed E-state index contributed by atoms with van der Waals surface area (Å²) < 4.78 is 5.53. The summed E-state index contributed by atoms with van der Waals surface area (Å²) in [4.78, 5) is 14.4. The Morgan fingerprint density at radius 2 is 2.27 bits per heavy atom. The average Bonchev–Trinajstić information content (AvgIpc) is 2.55. The zero-order valence-electron chi connectivity index (χ0n) is 8.00. The minimum absolute atomic E-state index is 0.323. The molecule has 0 amide bonds. The van der Waals surface area contributed by atoms with Crippen molar-refractivity contribution in [2.24, 2.45) is 0 Å². The number of rotatable bonds is 1. The van der Waals surface area contributed by atoms with E-state index in [-0.39, 0.29) is 0 Å². The van der Waals surface area contributed by atoms with Crippen LogP contribution in [0.1, 0.15) is 10.4 Å². The average molecular weight is 269 g/mol. The third-order valence-electron chi connectivity index (χ3n) is 2.20. The Morgan fingerprint density at radius 1 is 1.53 bits per heavy atom. The van der Waals surface area contributed by atoms with Gasteiger partial charge in [-0.2, -0.15) is 0 Å². The fourth-order valence-electron chi connectivity index (χ4n) is 1.52. The number of nitrogen functional groups attached to an aromatic ring is 1. The van der Waals surface area contributed by atoms with Crippen LogP contribution in [0.25, 0.3) is 10.9 Å². The van der Waals surface area contributed by atoms with Crippen LogP contribution < -0.4 is 5.73 Å². The number of carbonyl (C=O) groups excluding carboxylic acids is 1. The van der Waals surface area contributed by atoms with Gasteiger partial charge in [0.15, 0.2) is 0 Å². The third-order valence-corrected chi connectivity index (χ3v) is 2.86. The number of aromatic nitrogens is 1. The molecule has 0 bridgehead atoms. The molecule has 0 unspecified atom stereocenters. The predicted molar refractivity (Wildman–Crippen MR) is 61.8 cm³/mol. The van der Waals surface area contributed by atoms with Gasteiger partial charge in [0.05, 0.1) is 12.6 Å².